The fourth-order valence-corrected chi connectivity index (χ4v) is 2.54. The Kier molecular flexibility index (Phi) is 6.66. The van der Waals surface area contributed by atoms with Crippen LogP contribution in [0, 0.1) is 5.92 Å². The van der Waals surface area contributed by atoms with E-state index in [0.717, 1.165) is 4.31 Å². The van der Waals surface area contributed by atoms with Crippen LogP contribution in [-0.2, 0) is 15.0 Å². The van der Waals surface area contributed by atoms with Gasteiger partial charge in [0.2, 0.25) is 0 Å². The SMILES string of the molecule is CCCN(C)S(=O)(=O)NC(CC(C)C)C(=O)O. The van der Waals surface area contributed by atoms with Crippen LogP contribution in [0.25, 0.3) is 0 Å². The van der Waals surface area contributed by atoms with Crippen molar-refractivity contribution < 1.29 is 18.3 Å². The van der Waals surface area contributed by atoms with Crippen LogP contribution in [-0.4, -0.2) is 43.4 Å². The van der Waals surface area contributed by atoms with E-state index in [0.29, 0.717) is 13.0 Å². The number of carboxylic acid groups (broad SMARTS) is 1. The van der Waals surface area contributed by atoms with Crippen LogP contribution in [0.4, 0.5) is 0 Å². The second-order valence-electron chi connectivity index (χ2n) is 4.46. The molecule has 0 heterocycles. The van der Waals surface area contributed by atoms with Gasteiger partial charge >= 0.3 is 5.97 Å². The molecule has 0 aromatic carbocycles. The quantitative estimate of drug-likeness (QED) is 0.675. The molecule has 2 N–H and O–H groups in total. The number of nitrogens with zero attached hydrogens (tertiary/aromatic N) is 1. The molecule has 0 aromatic rings. The van der Waals surface area contributed by atoms with E-state index in [-0.39, 0.29) is 12.3 Å². The summed E-state index contributed by atoms with van der Waals surface area (Å²) in [4.78, 5) is 10.9. The highest BCUT2D eigenvalue weighted by molar-refractivity contribution is 7.87. The lowest BCUT2D eigenvalue weighted by molar-refractivity contribution is -0.139. The number of carbonyl (C=O) groups is 1. The molecule has 0 saturated heterocycles. The van der Waals surface area contributed by atoms with Crippen molar-refractivity contribution in [2.24, 2.45) is 5.92 Å². The van der Waals surface area contributed by atoms with Gasteiger partial charge in [-0.25, -0.2) is 0 Å². The summed E-state index contributed by atoms with van der Waals surface area (Å²) in [5.74, 6) is -1.04. The molecule has 0 amide bonds. The Morgan fingerprint density at radius 3 is 2.29 bits per heavy atom. The summed E-state index contributed by atoms with van der Waals surface area (Å²) in [5.41, 5.74) is 0. The lowest BCUT2D eigenvalue weighted by atomic mass is 10.1. The molecule has 0 aliphatic heterocycles. The van der Waals surface area contributed by atoms with E-state index >= 15 is 0 Å². The molecule has 17 heavy (non-hydrogen) atoms. The van der Waals surface area contributed by atoms with Gasteiger partial charge in [-0.15, -0.1) is 0 Å². The standard InChI is InChI=1S/C10H22N2O4S/c1-5-6-12(4)17(15,16)11-9(10(13)14)7-8(2)3/h8-9,11H,5-7H2,1-4H3,(H,13,14). The zero-order valence-electron chi connectivity index (χ0n) is 10.8. The number of rotatable bonds is 8. The highest BCUT2D eigenvalue weighted by atomic mass is 32.2. The van der Waals surface area contributed by atoms with Crippen molar-refractivity contribution in [3.05, 3.63) is 0 Å². The monoisotopic (exact) mass is 266 g/mol. The Bertz CT molecular complexity index is 340. The third kappa shape index (κ3) is 5.99. The third-order valence-electron chi connectivity index (χ3n) is 2.25. The summed E-state index contributed by atoms with van der Waals surface area (Å²) in [6.45, 7) is 5.91. The average molecular weight is 266 g/mol. The molecule has 0 fully saturated rings. The number of carboxylic acids is 1. The Labute approximate surface area is 103 Å². The van der Waals surface area contributed by atoms with Crippen molar-refractivity contribution in [3.63, 3.8) is 0 Å². The van der Waals surface area contributed by atoms with Crippen molar-refractivity contribution in [3.8, 4) is 0 Å². The van der Waals surface area contributed by atoms with Gasteiger partial charge in [-0.3, -0.25) is 4.79 Å². The summed E-state index contributed by atoms with van der Waals surface area (Å²) in [5, 5.41) is 8.95. The van der Waals surface area contributed by atoms with Gasteiger partial charge < -0.3 is 5.11 Å². The van der Waals surface area contributed by atoms with Crippen LogP contribution in [0.15, 0.2) is 0 Å². The smallest absolute Gasteiger partial charge is 0.321 e. The summed E-state index contributed by atoms with van der Waals surface area (Å²) in [7, 11) is -2.28. The molecule has 0 bridgehead atoms. The van der Waals surface area contributed by atoms with E-state index < -0.39 is 22.2 Å². The summed E-state index contributed by atoms with van der Waals surface area (Å²) in [6, 6.07) is -1.07. The van der Waals surface area contributed by atoms with Crippen molar-refractivity contribution >= 4 is 16.2 Å². The van der Waals surface area contributed by atoms with Crippen molar-refractivity contribution in [2.45, 2.75) is 39.7 Å². The second kappa shape index (κ2) is 6.93. The molecule has 7 heteroatoms. The van der Waals surface area contributed by atoms with Gasteiger partial charge in [0.05, 0.1) is 0 Å². The van der Waals surface area contributed by atoms with E-state index in [1.165, 1.54) is 7.05 Å². The van der Waals surface area contributed by atoms with Gasteiger partial charge in [-0.05, 0) is 18.8 Å². The minimum atomic E-state index is -3.71. The van der Waals surface area contributed by atoms with E-state index in [2.05, 4.69) is 4.72 Å². The number of hydrogen-bond acceptors (Lipinski definition) is 3. The average Bonchev–Trinajstić information content (AvgIpc) is 2.15. The van der Waals surface area contributed by atoms with Gasteiger partial charge in [0.25, 0.3) is 10.2 Å². The predicted molar refractivity (Wildman–Crippen MR) is 65.9 cm³/mol. The second-order valence-corrected chi connectivity index (χ2v) is 6.27. The predicted octanol–water partition coefficient (Wildman–Crippen LogP) is 0.662. The maximum absolute atomic E-state index is 11.8. The van der Waals surface area contributed by atoms with Crippen LogP contribution in [0.3, 0.4) is 0 Å². The molecule has 0 aliphatic carbocycles. The van der Waals surface area contributed by atoms with Crippen LogP contribution in [0.2, 0.25) is 0 Å². The van der Waals surface area contributed by atoms with Crippen LogP contribution in [0.5, 0.6) is 0 Å². The molecule has 0 aliphatic rings. The van der Waals surface area contributed by atoms with Crippen molar-refractivity contribution in [1.82, 2.24) is 9.03 Å². The third-order valence-corrected chi connectivity index (χ3v) is 3.83. The molecule has 1 unspecified atom stereocenters. The van der Waals surface area contributed by atoms with Crippen molar-refractivity contribution in [2.75, 3.05) is 13.6 Å². The molecule has 6 nitrogen and oxygen atoms in total. The molecule has 1 atom stereocenters. The first-order chi connectivity index (χ1) is 7.70. The maximum atomic E-state index is 11.8. The number of nitrogens with one attached hydrogen (secondary N) is 1. The lowest BCUT2D eigenvalue weighted by Gasteiger charge is -2.21. The Balaban J connectivity index is 4.69. The maximum Gasteiger partial charge on any atom is 0.321 e. The Hall–Kier alpha value is -0.660. The van der Waals surface area contributed by atoms with E-state index in [1.807, 2.05) is 20.8 Å². The highest BCUT2D eigenvalue weighted by Crippen LogP contribution is 2.07. The first-order valence-corrected chi connectivity index (χ1v) is 7.11. The van der Waals surface area contributed by atoms with Gasteiger partial charge in [0.15, 0.2) is 0 Å². The van der Waals surface area contributed by atoms with E-state index in [9.17, 15) is 13.2 Å². The Morgan fingerprint density at radius 1 is 1.41 bits per heavy atom. The number of aliphatic carboxylic acids is 1. The molecule has 0 spiro atoms. The van der Waals surface area contributed by atoms with E-state index in [1.54, 1.807) is 0 Å². The van der Waals surface area contributed by atoms with Crippen LogP contribution in [0.1, 0.15) is 33.6 Å². The van der Waals surface area contributed by atoms with Crippen LogP contribution < -0.4 is 4.72 Å². The summed E-state index contributed by atoms with van der Waals surface area (Å²) < 4.78 is 26.9. The summed E-state index contributed by atoms with van der Waals surface area (Å²) >= 11 is 0. The zero-order valence-corrected chi connectivity index (χ0v) is 11.6. The molecule has 102 valence electrons. The van der Waals surface area contributed by atoms with Gasteiger partial charge in [0.1, 0.15) is 6.04 Å². The zero-order chi connectivity index (χ0) is 13.6. The topological polar surface area (TPSA) is 86.7 Å². The molecule has 0 saturated carbocycles. The van der Waals surface area contributed by atoms with E-state index in [4.69, 9.17) is 5.11 Å². The molecular weight excluding hydrogens is 244 g/mol. The normalized spacial score (nSPS) is 14.2. The molecular formula is C10H22N2O4S. The lowest BCUT2D eigenvalue weighted by Crippen LogP contribution is -2.47. The number of hydrogen-bond donors (Lipinski definition) is 2. The Morgan fingerprint density at radius 2 is 1.94 bits per heavy atom. The minimum Gasteiger partial charge on any atom is -0.480 e. The summed E-state index contributed by atoms with van der Waals surface area (Å²) in [6.07, 6.45) is 0.952. The first-order valence-electron chi connectivity index (χ1n) is 5.67. The first kappa shape index (κ1) is 16.3. The molecule has 0 rings (SSSR count). The highest BCUT2D eigenvalue weighted by Gasteiger charge is 2.27. The van der Waals surface area contributed by atoms with Crippen molar-refractivity contribution in [1.29, 1.82) is 0 Å². The molecule has 0 radical (unpaired) electrons. The van der Waals surface area contributed by atoms with Gasteiger partial charge in [-0.2, -0.15) is 17.4 Å². The van der Waals surface area contributed by atoms with Crippen LogP contribution >= 0.6 is 0 Å². The molecule has 0 aromatic heterocycles. The van der Waals surface area contributed by atoms with Gasteiger partial charge in [-0.1, -0.05) is 20.8 Å². The fraction of sp³-hybridized carbons (Fsp3) is 0.900. The van der Waals surface area contributed by atoms with Gasteiger partial charge in [0, 0.05) is 13.6 Å². The fourth-order valence-electron chi connectivity index (χ4n) is 1.38. The minimum absolute atomic E-state index is 0.107. The largest absolute Gasteiger partial charge is 0.480 e.